The fourth-order valence-corrected chi connectivity index (χ4v) is 3.40. The highest BCUT2D eigenvalue weighted by Gasteiger charge is 2.21. The van der Waals surface area contributed by atoms with E-state index in [1.165, 1.54) is 0 Å². The summed E-state index contributed by atoms with van der Waals surface area (Å²) < 4.78 is 4.90. The maximum absolute atomic E-state index is 11.4. The van der Waals surface area contributed by atoms with Crippen LogP contribution in [-0.2, 0) is 11.2 Å². The lowest BCUT2D eigenvalue weighted by Crippen LogP contribution is -2.26. The third-order valence-corrected chi connectivity index (χ3v) is 4.66. The summed E-state index contributed by atoms with van der Waals surface area (Å²) in [5.74, 6) is 0. The first-order valence-electron chi connectivity index (χ1n) is 6.45. The minimum absolute atomic E-state index is 0.243. The average Bonchev–Trinajstić information content (AvgIpc) is 3.05. The molecule has 0 bridgehead atoms. The van der Waals surface area contributed by atoms with E-state index in [4.69, 9.17) is 27.9 Å². The predicted octanol–water partition coefficient (Wildman–Crippen LogP) is 4.11. The number of cyclic esters (lactones) is 1. The van der Waals surface area contributed by atoms with E-state index in [9.17, 15) is 4.79 Å². The number of thiazole rings is 1. The summed E-state index contributed by atoms with van der Waals surface area (Å²) in [4.78, 5) is 17.6. The number of hydrogen-bond donors (Lipinski definition) is 0. The number of ether oxygens (including phenoxy) is 1. The van der Waals surface area contributed by atoms with E-state index in [1.807, 2.05) is 11.4 Å². The second-order valence-electron chi connectivity index (χ2n) is 4.60. The lowest BCUT2D eigenvalue weighted by Gasteiger charge is -2.10. The van der Waals surface area contributed by atoms with Gasteiger partial charge in [0.05, 0.1) is 22.3 Å². The zero-order valence-electron chi connectivity index (χ0n) is 11.0. The molecule has 0 spiro atoms. The Morgan fingerprint density at radius 2 is 2.24 bits per heavy atom. The Balaban J connectivity index is 1.69. The van der Waals surface area contributed by atoms with Crippen LogP contribution in [0.5, 0.6) is 0 Å². The Morgan fingerprint density at radius 3 is 2.95 bits per heavy atom. The minimum Gasteiger partial charge on any atom is -0.448 e. The Kier molecular flexibility index (Phi) is 4.33. The van der Waals surface area contributed by atoms with Gasteiger partial charge in [0.15, 0.2) is 0 Å². The Labute approximate surface area is 136 Å². The molecule has 3 rings (SSSR count). The van der Waals surface area contributed by atoms with E-state index < -0.39 is 0 Å². The highest BCUT2D eigenvalue weighted by atomic mass is 35.5. The largest absolute Gasteiger partial charge is 0.448 e. The molecule has 1 aliphatic rings. The molecular formula is C14H12Cl2N2O2S. The molecule has 110 valence electrons. The standard InChI is InChI=1S/C14H12Cl2N2O2S/c15-9-1-2-10(11(16)7-9)12-8-21-13(17-12)3-4-18-5-6-20-14(18)19/h1-2,7-8H,3-6H2. The van der Waals surface area contributed by atoms with E-state index in [-0.39, 0.29) is 6.09 Å². The zero-order valence-corrected chi connectivity index (χ0v) is 13.3. The van der Waals surface area contributed by atoms with Gasteiger partial charge in [0.2, 0.25) is 0 Å². The predicted molar refractivity (Wildman–Crippen MR) is 84.2 cm³/mol. The van der Waals surface area contributed by atoms with Gasteiger partial charge in [-0.25, -0.2) is 9.78 Å². The molecule has 7 heteroatoms. The van der Waals surface area contributed by atoms with Crippen LogP contribution in [0.4, 0.5) is 4.79 Å². The molecule has 0 atom stereocenters. The molecule has 1 aromatic carbocycles. The summed E-state index contributed by atoms with van der Waals surface area (Å²) in [7, 11) is 0. The van der Waals surface area contributed by atoms with Gasteiger partial charge in [-0.3, -0.25) is 0 Å². The van der Waals surface area contributed by atoms with E-state index >= 15 is 0 Å². The molecule has 2 aromatic rings. The van der Waals surface area contributed by atoms with Crippen molar-refractivity contribution in [1.82, 2.24) is 9.88 Å². The van der Waals surface area contributed by atoms with Gasteiger partial charge in [-0.15, -0.1) is 11.3 Å². The van der Waals surface area contributed by atoms with Crippen LogP contribution in [0.1, 0.15) is 5.01 Å². The van der Waals surface area contributed by atoms with Crippen molar-refractivity contribution in [3.63, 3.8) is 0 Å². The molecule has 2 heterocycles. The number of rotatable bonds is 4. The molecule has 21 heavy (non-hydrogen) atoms. The molecule has 0 saturated carbocycles. The van der Waals surface area contributed by atoms with Crippen molar-refractivity contribution in [2.75, 3.05) is 19.7 Å². The first-order chi connectivity index (χ1) is 10.1. The number of amides is 1. The van der Waals surface area contributed by atoms with Crippen molar-refractivity contribution in [2.45, 2.75) is 6.42 Å². The van der Waals surface area contributed by atoms with Gasteiger partial charge in [-0.1, -0.05) is 23.2 Å². The van der Waals surface area contributed by atoms with Crippen LogP contribution < -0.4 is 0 Å². The molecule has 1 aliphatic heterocycles. The van der Waals surface area contributed by atoms with Gasteiger partial charge in [0.25, 0.3) is 0 Å². The smallest absolute Gasteiger partial charge is 0.409 e. The molecule has 0 N–H and O–H groups in total. The molecule has 0 radical (unpaired) electrons. The second-order valence-corrected chi connectivity index (χ2v) is 6.39. The van der Waals surface area contributed by atoms with Crippen LogP contribution in [0, 0.1) is 0 Å². The monoisotopic (exact) mass is 342 g/mol. The van der Waals surface area contributed by atoms with Crippen LogP contribution in [0.3, 0.4) is 0 Å². The van der Waals surface area contributed by atoms with Crippen molar-refractivity contribution < 1.29 is 9.53 Å². The van der Waals surface area contributed by atoms with Crippen LogP contribution in [-0.4, -0.2) is 35.7 Å². The van der Waals surface area contributed by atoms with Crippen molar-refractivity contribution in [2.24, 2.45) is 0 Å². The van der Waals surface area contributed by atoms with Gasteiger partial charge in [-0.2, -0.15) is 0 Å². The van der Waals surface area contributed by atoms with Crippen molar-refractivity contribution in [3.05, 3.63) is 38.6 Å². The lowest BCUT2D eigenvalue weighted by atomic mass is 10.2. The number of halogens is 2. The maximum Gasteiger partial charge on any atom is 0.409 e. The van der Waals surface area contributed by atoms with Gasteiger partial charge >= 0.3 is 6.09 Å². The number of hydrogen-bond acceptors (Lipinski definition) is 4. The van der Waals surface area contributed by atoms with E-state index in [0.717, 1.165) is 16.3 Å². The summed E-state index contributed by atoms with van der Waals surface area (Å²) in [6, 6.07) is 5.36. The van der Waals surface area contributed by atoms with E-state index in [0.29, 0.717) is 36.2 Å². The summed E-state index contributed by atoms with van der Waals surface area (Å²) in [6.45, 7) is 1.75. The molecule has 1 aromatic heterocycles. The number of carbonyl (C=O) groups excluding carboxylic acids is 1. The van der Waals surface area contributed by atoms with Gasteiger partial charge in [-0.05, 0) is 18.2 Å². The van der Waals surface area contributed by atoms with Gasteiger partial charge < -0.3 is 9.64 Å². The molecule has 1 amide bonds. The lowest BCUT2D eigenvalue weighted by molar-refractivity contribution is 0.159. The summed E-state index contributed by atoms with van der Waals surface area (Å²) in [5.41, 5.74) is 1.70. The SMILES string of the molecule is O=C1OCCN1CCc1nc(-c2ccc(Cl)cc2Cl)cs1. The third kappa shape index (κ3) is 3.31. The molecular weight excluding hydrogens is 331 g/mol. The van der Waals surface area contributed by atoms with Crippen LogP contribution >= 0.6 is 34.5 Å². The summed E-state index contributed by atoms with van der Waals surface area (Å²) >= 11 is 13.6. The van der Waals surface area contributed by atoms with Gasteiger partial charge in [0.1, 0.15) is 6.61 Å². The van der Waals surface area contributed by atoms with Crippen molar-refractivity contribution >= 4 is 40.6 Å². The maximum atomic E-state index is 11.4. The Bertz CT molecular complexity index is 675. The number of benzene rings is 1. The quantitative estimate of drug-likeness (QED) is 0.839. The number of aromatic nitrogens is 1. The van der Waals surface area contributed by atoms with E-state index in [1.54, 1.807) is 28.4 Å². The zero-order chi connectivity index (χ0) is 14.8. The van der Waals surface area contributed by atoms with Crippen LogP contribution in [0.2, 0.25) is 10.0 Å². The Hall–Kier alpha value is -1.30. The third-order valence-electron chi connectivity index (χ3n) is 3.20. The first-order valence-corrected chi connectivity index (χ1v) is 8.08. The van der Waals surface area contributed by atoms with Crippen molar-refractivity contribution in [1.29, 1.82) is 0 Å². The topological polar surface area (TPSA) is 42.4 Å². The molecule has 0 aliphatic carbocycles. The van der Waals surface area contributed by atoms with Crippen LogP contribution in [0.15, 0.2) is 23.6 Å². The van der Waals surface area contributed by atoms with Crippen molar-refractivity contribution in [3.8, 4) is 11.3 Å². The first kappa shape index (κ1) is 14.6. The molecule has 0 unspecified atom stereocenters. The summed E-state index contributed by atoms with van der Waals surface area (Å²) in [5, 5.41) is 4.12. The Morgan fingerprint density at radius 1 is 1.38 bits per heavy atom. The molecule has 4 nitrogen and oxygen atoms in total. The average molecular weight is 343 g/mol. The molecule has 1 saturated heterocycles. The second kappa shape index (κ2) is 6.22. The normalized spacial score (nSPS) is 14.6. The number of nitrogens with zero attached hydrogens (tertiary/aromatic N) is 2. The fraction of sp³-hybridized carbons (Fsp3) is 0.286. The number of carbonyl (C=O) groups is 1. The highest BCUT2D eigenvalue weighted by molar-refractivity contribution is 7.10. The van der Waals surface area contributed by atoms with Crippen LogP contribution in [0.25, 0.3) is 11.3 Å². The highest BCUT2D eigenvalue weighted by Crippen LogP contribution is 2.31. The fourth-order valence-electron chi connectivity index (χ4n) is 2.11. The summed E-state index contributed by atoms with van der Waals surface area (Å²) in [6.07, 6.45) is 0.470. The minimum atomic E-state index is -0.243. The molecule has 1 fully saturated rings. The van der Waals surface area contributed by atoms with E-state index in [2.05, 4.69) is 4.98 Å². The van der Waals surface area contributed by atoms with Gasteiger partial charge in [0, 0.05) is 28.9 Å².